The predicted molar refractivity (Wildman–Crippen MR) is 117 cm³/mol. The molecule has 0 fully saturated rings. The van der Waals surface area contributed by atoms with Crippen LogP contribution in [0.15, 0.2) is 53.3 Å². The predicted octanol–water partition coefficient (Wildman–Crippen LogP) is 4.79. The van der Waals surface area contributed by atoms with Gasteiger partial charge >= 0.3 is 0 Å². The van der Waals surface area contributed by atoms with E-state index in [1.54, 1.807) is 7.11 Å². The number of aromatic nitrogens is 3. The van der Waals surface area contributed by atoms with Crippen LogP contribution in [0.25, 0.3) is 33.3 Å². The summed E-state index contributed by atoms with van der Waals surface area (Å²) in [5.74, 6) is 1.58. The average molecular weight is 398 g/mol. The van der Waals surface area contributed by atoms with E-state index in [1.165, 1.54) is 0 Å². The van der Waals surface area contributed by atoms with Gasteiger partial charge in [-0.3, -0.25) is 4.79 Å². The average Bonchev–Trinajstić information content (AvgIpc) is 3.06. The number of aryl methyl sites for hydroxylation is 2. The molecule has 0 aliphatic heterocycles. The van der Waals surface area contributed by atoms with Crippen molar-refractivity contribution in [1.29, 1.82) is 0 Å². The molecule has 0 aliphatic rings. The lowest BCUT2D eigenvalue weighted by Gasteiger charge is -2.11. The molecular weight excluding hydrogens is 374 g/mol. The molecule has 5 nitrogen and oxygen atoms in total. The van der Waals surface area contributed by atoms with Gasteiger partial charge in [0.25, 0.3) is 5.56 Å². The Morgan fingerprint density at radius 2 is 1.79 bits per heavy atom. The van der Waals surface area contributed by atoms with Gasteiger partial charge in [0, 0.05) is 24.5 Å². The summed E-state index contributed by atoms with van der Waals surface area (Å²) in [5.41, 5.74) is 3.31. The number of benzene rings is 2. The second kappa shape index (κ2) is 8.07. The van der Waals surface area contributed by atoms with Crippen LogP contribution < -0.4 is 10.3 Å². The maximum atomic E-state index is 13.2. The Labute approximate surface area is 170 Å². The Morgan fingerprint density at radius 3 is 2.46 bits per heavy atom. The van der Waals surface area contributed by atoms with Crippen molar-refractivity contribution in [3.63, 3.8) is 0 Å². The minimum absolute atomic E-state index is 0. The van der Waals surface area contributed by atoms with Crippen LogP contribution in [0.4, 0.5) is 0 Å². The summed E-state index contributed by atoms with van der Waals surface area (Å²) in [7, 11) is 3.62. The number of fused-ring (bicyclic) bond motifs is 3. The normalized spacial score (nSPS) is 11.0. The van der Waals surface area contributed by atoms with Crippen molar-refractivity contribution in [1.82, 2.24) is 14.1 Å². The fraction of sp³-hybridized carbons (Fsp3) is 0.273. The minimum Gasteiger partial charge on any atom is -0.497 e. The summed E-state index contributed by atoms with van der Waals surface area (Å²) in [4.78, 5) is 18.0. The highest BCUT2D eigenvalue weighted by molar-refractivity contribution is 6.03. The maximum absolute atomic E-state index is 13.2. The summed E-state index contributed by atoms with van der Waals surface area (Å²) in [5, 5.41) is 1.05. The third-order valence-electron chi connectivity index (χ3n) is 5.08. The largest absolute Gasteiger partial charge is 0.497 e. The van der Waals surface area contributed by atoms with Crippen LogP contribution in [0.1, 0.15) is 19.8 Å². The molecule has 0 spiro atoms. The fourth-order valence-electron chi connectivity index (χ4n) is 3.64. The first-order chi connectivity index (χ1) is 13.2. The van der Waals surface area contributed by atoms with Crippen LogP contribution in [0.5, 0.6) is 5.75 Å². The van der Waals surface area contributed by atoms with Crippen molar-refractivity contribution in [2.24, 2.45) is 7.05 Å². The molecule has 4 aromatic rings. The molecule has 0 saturated carbocycles. The molecule has 146 valence electrons. The molecule has 0 aliphatic carbocycles. The van der Waals surface area contributed by atoms with Crippen molar-refractivity contribution in [2.45, 2.75) is 26.3 Å². The number of methoxy groups -OCH3 is 1. The summed E-state index contributed by atoms with van der Waals surface area (Å²) < 4.78 is 9.13. The first-order valence-corrected chi connectivity index (χ1v) is 9.28. The molecule has 0 saturated heterocycles. The van der Waals surface area contributed by atoms with Crippen LogP contribution in [-0.2, 0) is 13.6 Å². The lowest BCUT2D eigenvalue weighted by atomic mass is 10.1. The SMILES string of the molecule is CCCCn1c(=O)c2nc(-c3ccc(OC)cc3)n(C)c2c2ccccc21.Cl. The minimum atomic E-state index is -0.0208. The number of hydrogen-bond donors (Lipinski definition) is 0. The number of pyridine rings is 1. The van der Waals surface area contributed by atoms with Crippen LogP contribution >= 0.6 is 12.4 Å². The molecule has 28 heavy (non-hydrogen) atoms. The van der Waals surface area contributed by atoms with Crippen molar-refractivity contribution in [3.05, 3.63) is 58.9 Å². The van der Waals surface area contributed by atoms with E-state index in [4.69, 9.17) is 9.72 Å². The van der Waals surface area contributed by atoms with Crippen LogP contribution in [0.3, 0.4) is 0 Å². The number of ether oxygens (including phenoxy) is 1. The Morgan fingerprint density at radius 1 is 1.07 bits per heavy atom. The highest BCUT2D eigenvalue weighted by atomic mass is 35.5. The lowest BCUT2D eigenvalue weighted by Crippen LogP contribution is -2.21. The van der Waals surface area contributed by atoms with Gasteiger partial charge in [0.05, 0.1) is 18.1 Å². The zero-order valence-corrected chi connectivity index (χ0v) is 17.1. The van der Waals surface area contributed by atoms with Gasteiger partial charge in [0.2, 0.25) is 0 Å². The smallest absolute Gasteiger partial charge is 0.279 e. The van der Waals surface area contributed by atoms with Crippen LogP contribution in [0, 0.1) is 0 Å². The van der Waals surface area contributed by atoms with E-state index in [0.717, 1.165) is 46.4 Å². The number of halogens is 1. The monoisotopic (exact) mass is 397 g/mol. The number of para-hydroxylation sites is 1. The van der Waals surface area contributed by atoms with E-state index >= 15 is 0 Å². The maximum Gasteiger partial charge on any atom is 0.279 e. The van der Waals surface area contributed by atoms with E-state index in [1.807, 2.05) is 58.6 Å². The molecule has 4 rings (SSSR count). The number of rotatable bonds is 5. The summed E-state index contributed by atoms with van der Waals surface area (Å²) >= 11 is 0. The number of unbranched alkanes of at least 4 members (excludes halogenated alkanes) is 1. The quantitative estimate of drug-likeness (QED) is 0.486. The van der Waals surface area contributed by atoms with E-state index in [2.05, 4.69) is 13.0 Å². The second-order valence-corrected chi connectivity index (χ2v) is 6.75. The molecule has 0 N–H and O–H groups in total. The summed E-state index contributed by atoms with van der Waals surface area (Å²) in [6.07, 6.45) is 2.01. The number of nitrogens with zero attached hydrogens (tertiary/aromatic N) is 3. The Balaban J connectivity index is 0.00000225. The van der Waals surface area contributed by atoms with E-state index in [0.29, 0.717) is 12.1 Å². The van der Waals surface area contributed by atoms with Gasteiger partial charge in [-0.2, -0.15) is 0 Å². The third-order valence-corrected chi connectivity index (χ3v) is 5.08. The van der Waals surface area contributed by atoms with Gasteiger partial charge in [-0.25, -0.2) is 4.98 Å². The van der Waals surface area contributed by atoms with Crippen molar-refractivity contribution in [2.75, 3.05) is 7.11 Å². The third kappa shape index (κ3) is 3.16. The molecule has 0 atom stereocenters. The van der Waals surface area contributed by atoms with Crippen molar-refractivity contribution in [3.8, 4) is 17.1 Å². The lowest BCUT2D eigenvalue weighted by molar-refractivity contribution is 0.415. The molecule has 6 heteroatoms. The molecule has 0 amide bonds. The van der Waals surface area contributed by atoms with E-state index < -0.39 is 0 Å². The molecular formula is C22H24ClN3O2. The summed E-state index contributed by atoms with van der Waals surface area (Å²) in [6, 6.07) is 15.8. The zero-order chi connectivity index (χ0) is 19.0. The van der Waals surface area contributed by atoms with Gasteiger partial charge < -0.3 is 13.9 Å². The second-order valence-electron chi connectivity index (χ2n) is 6.75. The molecule has 0 unspecified atom stereocenters. The van der Waals surface area contributed by atoms with Gasteiger partial charge in [-0.05, 0) is 36.8 Å². The fourth-order valence-corrected chi connectivity index (χ4v) is 3.64. The van der Waals surface area contributed by atoms with Gasteiger partial charge in [-0.15, -0.1) is 12.4 Å². The number of hydrogen-bond acceptors (Lipinski definition) is 3. The molecule has 2 heterocycles. The van der Waals surface area contributed by atoms with Gasteiger partial charge in [0.15, 0.2) is 5.52 Å². The highest BCUT2D eigenvalue weighted by Crippen LogP contribution is 2.28. The summed E-state index contributed by atoms with van der Waals surface area (Å²) in [6.45, 7) is 2.84. The zero-order valence-electron chi connectivity index (χ0n) is 16.3. The standard InChI is InChI=1S/C22H23N3O2.ClH/c1-4-5-14-25-18-9-7-6-8-17(18)20-19(22(25)26)23-21(24(20)2)15-10-12-16(27-3)13-11-15;/h6-13H,4-5,14H2,1-3H3;1H. The van der Waals surface area contributed by atoms with Crippen LogP contribution in [0.2, 0.25) is 0 Å². The molecule has 2 aromatic carbocycles. The van der Waals surface area contributed by atoms with Gasteiger partial charge in [0.1, 0.15) is 11.6 Å². The van der Waals surface area contributed by atoms with E-state index in [-0.39, 0.29) is 18.0 Å². The molecule has 0 radical (unpaired) electrons. The Bertz CT molecular complexity index is 1180. The molecule has 2 aromatic heterocycles. The van der Waals surface area contributed by atoms with Crippen LogP contribution in [-0.4, -0.2) is 21.2 Å². The topological polar surface area (TPSA) is 49.1 Å². The van der Waals surface area contributed by atoms with Gasteiger partial charge in [-0.1, -0.05) is 31.5 Å². The first-order valence-electron chi connectivity index (χ1n) is 9.28. The first kappa shape index (κ1) is 20.0. The highest BCUT2D eigenvalue weighted by Gasteiger charge is 2.18. The van der Waals surface area contributed by atoms with Crippen molar-refractivity contribution >= 4 is 34.3 Å². The molecule has 0 bridgehead atoms. The van der Waals surface area contributed by atoms with E-state index in [9.17, 15) is 4.79 Å². The van der Waals surface area contributed by atoms with Crippen molar-refractivity contribution < 1.29 is 4.74 Å². The Kier molecular flexibility index (Phi) is 5.75. The Hall–Kier alpha value is -2.79. The number of imidazole rings is 1.